The van der Waals surface area contributed by atoms with Gasteiger partial charge in [0.15, 0.2) is 0 Å². The van der Waals surface area contributed by atoms with Crippen LogP contribution in [0.3, 0.4) is 0 Å². The van der Waals surface area contributed by atoms with Crippen LogP contribution in [0.4, 0.5) is 5.69 Å². The van der Waals surface area contributed by atoms with Gasteiger partial charge in [-0.15, -0.1) is 0 Å². The van der Waals surface area contributed by atoms with Gasteiger partial charge in [0.05, 0.1) is 21.1 Å². The molecule has 0 aromatic heterocycles. The molecular weight excluding hydrogens is 315 g/mol. The molecule has 1 aliphatic rings. The van der Waals surface area contributed by atoms with Gasteiger partial charge in [-0.3, -0.25) is 9.59 Å². The number of rotatable bonds is 3. The standard InChI is InChI=1S/C14H16Cl2N2O3/c1-14(13(20)21)4-2-3-10(14)18-12(19)7-5-8(15)11(17)9(16)6-7/h5-6,10H,2-4,17H2,1H3,(H,18,19)(H,20,21). The Bertz CT molecular complexity index is 583. The Morgan fingerprint density at radius 2 is 1.95 bits per heavy atom. The zero-order valence-electron chi connectivity index (χ0n) is 11.5. The van der Waals surface area contributed by atoms with Crippen molar-refractivity contribution >= 4 is 40.8 Å². The third kappa shape index (κ3) is 2.94. The third-order valence-corrected chi connectivity index (χ3v) is 4.72. The lowest BCUT2D eigenvalue weighted by Crippen LogP contribution is -2.47. The summed E-state index contributed by atoms with van der Waals surface area (Å²) in [6, 6.07) is 2.42. The van der Waals surface area contributed by atoms with Crippen LogP contribution < -0.4 is 11.1 Å². The predicted octanol–water partition coefficient (Wildman–Crippen LogP) is 2.95. The monoisotopic (exact) mass is 330 g/mol. The van der Waals surface area contributed by atoms with Gasteiger partial charge in [-0.1, -0.05) is 29.6 Å². The first-order chi connectivity index (χ1) is 9.75. The SMILES string of the molecule is CC1(C(=O)O)CCCC1NC(=O)c1cc(Cl)c(N)c(Cl)c1. The second kappa shape index (κ2) is 5.73. The molecule has 1 aromatic carbocycles. The van der Waals surface area contributed by atoms with Crippen LogP contribution in [0, 0.1) is 5.41 Å². The fourth-order valence-electron chi connectivity index (χ4n) is 2.61. The summed E-state index contributed by atoms with van der Waals surface area (Å²) in [4.78, 5) is 23.7. The van der Waals surface area contributed by atoms with Crippen molar-refractivity contribution in [2.75, 3.05) is 5.73 Å². The minimum Gasteiger partial charge on any atom is -0.481 e. The lowest BCUT2D eigenvalue weighted by Gasteiger charge is -2.27. The lowest BCUT2D eigenvalue weighted by molar-refractivity contribution is -0.148. The van der Waals surface area contributed by atoms with Crippen LogP contribution in [-0.2, 0) is 4.79 Å². The molecule has 0 heterocycles. The number of hydrogen-bond acceptors (Lipinski definition) is 3. The molecule has 2 atom stereocenters. The van der Waals surface area contributed by atoms with Crippen molar-refractivity contribution in [3.05, 3.63) is 27.7 Å². The van der Waals surface area contributed by atoms with Crippen LogP contribution in [0.25, 0.3) is 0 Å². The van der Waals surface area contributed by atoms with Crippen molar-refractivity contribution in [3.63, 3.8) is 0 Å². The fraction of sp³-hybridized carbons (Fsp3) is 0.429. The molecule has 1 aliphatic carbocycles. The van der Waals surface area contributed by atoms with Gasteiger partial charge in [0, 0.05) is 11.6 Å². The van der Waals surface area contributed by atoms with Gasteiger partial charge in [0.25, 0.3) is 5.91 Å². The maximum atomic E-state index is 12.3. The number of carboxylic acid groups (broad SMARTS) is 1. The van der Waals surface area contributed by atoms with E-state index in [-0.39, 0.29) is 21.3 Å². The maximum Gasteiger partial charge on any atom is 0.311 e. The number of benzene rings is 1. The number of carboxylic acids is 1. The van der Waals surface area contributed by atoms with Crippen molar-refractivity contribution < 1.29 is 14.7 Å². The summed E-state index contributed by atoms with van der Waals surface area (Å²) >= 11 is 11.8. The first-order valence-electron chi connectivity index (χ1n) is 6.54. The molecule has 4 N–H and O–H groups in total. The molecule has 114 valence electrons. The number of nitrogens with one attached hydrogen (secondary N) is 1. The van der Waals surface area contributed by atoms with E-state index in [0.29, 0.717) is 12.8 Å². The number of hydrogen-bond donors (Lipinski definition) is 3. The van der Waals surface area contributed by atoms with E-state index in [2.05, 4.69) is 5.32 Å². The smallest absolute Gasteiger partial charge is 0.311 e. The van der Waals surface area contributed by atoms with Gasteiger partial charge >= 0.3 is 5.97 Å². The minimum absolute atomic E-state index is 0.195. The molecule has 1 fully saturated rings. The molecule has 2 unspecified atom stereocenters. The van der Waals surface area contributed by atoms with Crippen LogP contribution in [0.1, 0.15) is 36.5 Å². The van der Waals surface area contributed by atoms with Gasteiger partial charge in [-0.05, 0) is 31.9 Å². The predicted molar refractivity (Wildman–Crippen MR) is 81.7 cm³/mol. The van der Waals surface area contributed by atoms with E-state index in [1.165, 1.54) is 12.1 Å². The minimum atomic E-state index is -0.947. The van der Waals surface area contributed by atoms with E-state index in [1.807, 2.05) is 0 Å². The van der Waals surface area contributed by atoms with E-state index in [4.69, 9.17) is 28.9 Å². The Morgan fingerprint density at radius 1 is 1.38 bits per heavy atom. The Morgan fingerprint density at radius 3 is 2.48 bits per heavy atom. The molecule has 1 saturated carbocycles. The number of amides is 1. The van der Waals surface area contributed by atoms with Crippen LogP contribution in [0.15, 0.2) is 12.1 Å². The second-order valence-corrected chi connectivity index (χ2v) is 6.31. The average molecular weight is 331 g/mol. The van der Waals surface area contributed by atoms with Gasteiger partial charge < -0.3 is 16.2 Å². The number of nitrogen functional groups attached to an aromatic ring is 1. The molecule has 7 heteroatoms. The number of carbonyl (C=O) groups is 2. The topological polar surface area (TPSA) is 92.4 Å². The lowest BCUT2D eigenvalue weighted by atomic mass is 9.85. The molecule has 21 heavy (non-hydrogen) atoms. The van der Waals surface area contributed by atoms with E-state index < -0.39 is 23.3 Å². The van der Waals surface area contributed by atoms with Crippen molar-refractivity contribution in [3.8, 4) is 0 Å². The number of carbonyl (C=O) groups excluding carboxylic acids is 1. The van der Waals surface area contributed by atoms with Gasteiger partial charge in [-0.25, -0.2) is 0 Å². The van der Waals surface area contributed by atoms with Crippen molar-refractivity contribution in [2.45, 2.75) is 32.2 Å². The second-order valence-electron chi connectivity index (χ2n) is 5.49. The summed E-state index contributed by atoms with van der Waals surface area (Å²) in [5.74, 6) is -1.31. The van der Waals surface area contributed by atoms with Crippen molar-refractivity contribution in [1.82, 2.24) is 5.32 Å². The number of aliphatic carboxylic acids is 1. The molecule has 0 aliphatic heterocycles. The average Bonchev–Trinajstić information content (AvgIpc) is 2.78. The normalized spacial score (nSPS) is 24.8. The Balaban J connectivity index is 2.21. The quantitative estimate of drug-likeness (QED) is 0.743. The number of halogens is 2. The maximum absolute atomic E-state index is 12.3. The van der Waals surface area contributed by atoms with Crippen molar-refractivity contribution in [1.29, 1.82) is 0 Å². The van der Waals surface area contributed by atoms with Crippen LogP contribution in [0.2, 0.25) is 10.0 Å². The first kappa shape index (κ1) is 15.9. The largest absolute Gasteiger partial charge is 0.481 e. The van der Waals surface area contributed by atoms with Gasteiger partial charge in [0.2, 0.25) is 0 Å². The van der Waals surface area contributed by atoms with E-state index in [9.17, 15) is 14.7 Å². The molecule has 2 rings (SSSR count). The summed E-state index contributed by atoms with van der Waals surface area (Å²) in [7, 11) is 0. The number of nitrogens with two attached hydrogens (primary N) is 1. The highest BCUT2D eigenvalue weighted by molar-refractivity contribution is 6.39. The summed E-state index contributed by atoms with van der Waals surface area (Å²) < 4.78 is 0. The summed E-state index contributed by atoms with van der Waals surface area (Å²) in [6.07, 6.45) is 1.93. The third-order valence-electron chi connectivity index (χ3n) is 4.09. The molecule has 0 spiro atoms. The highest BCUT2D eigenvalue weighted by atomic mass is 35.5. The van der Waals surface area contributed by atoms with Gasteiger partial charge in [0.1, 0.15) is 0 Å². The summed E-state index contributed by atoms with van der Waals surface area (Å²) in [6.45, 7) is 1.65. The molecule has 0 saturated heterocycles. The number of anilines is 1. The molecular formula is C14H16Cl2N2O3. The van der Waals surface area contributed by atoms with Gasteiger partial charge in [-0.2, -0.15) is 0 Å². The highest BCUT2D eigenvalue weighted by Crippen LogP contribution is 2.38. The van der Waals surface area contributed by atoms with Crippen molar-refractivity contribution in [2.24, 2.45) is 5.41 Å². The molecule has 1 amide bonds. The Labute approximate surface area is 132 Å². The molecule has 0 bridgehead atoms. The van der Waals surface area contributed by atoms with E-state index in [0.717, 1.165) is 6.42 Å². The van der Waals surface area contributed by atoms with Crippen LogP contribution in [-0.4, -0.2) is 23.0 Å². The summed E-state index contributed by atoms with van der Waals surface area (Å²) in [5, 5.41) is 12.5. The zero-order chi connectivity index (χ0) is 15.8. The van der Waals surface area contributed by atoms with Crippen LogP contribution >= 0.6 is 23.2 Å². The Kier molecular flexibility index (Phi) is 4.35. The molecule has 5 nitrogen and oxygen atoms in total. The molecule has 0 radical (unpaired) electrons. The summed E-state index contributed by atoms with van der Waals surface area (Å²) in [5.41, 5.74) is 5.15. The Hall–Kier alpha value is -1.46. The van der Waals surface area contributed by atoms with E-state index in [1.54, 1.807) is 6.92 Å². The zero-order valence-corrected chi connectivity index (χ0v) is 13.0. The van der Waals surface area contributed by atoms with Crippen LogP contribution in [0.5, 0.6) is 0 Å². The fourth-order valence-corrected chi connectivity index (χ4v) is 3.10. The highest BCUT2D eigenvalue weighted by Gasteiger charge is 2.45. The van der Waals surface area contributed by atoms with E-state index >= 15 is 0 Å². The first-order valence-corrected chi connectivity index (χ1v) is 7.30. The molecule has 1 aromatic rings.